The summed E-state index contributed by atoms with van der Waals surface area (Å²) >= 11 is 0. The van der Waals surface area contributed by atoms with Crippen molar-refractivity contribution in [1.82, 2.24) is 19.4 Å². The second kappa shape index (κ2) is 7.42. The fourth-order valence-corrected chi connectivity index (χ4v) is 3.58. The van der Waals surface area contributed by atoms with Gasteiger partial charge in [0.25, 0.3) is 0 Å². The molecule has 2 aliphatic rings. The van der Waals surface area contributed by atoms with Crippen molar-refractivity contribution in [3.8, 4) is 0 Å². The van der Waals surface area contributed by atoms with Crippen molar-refractivity contribution in [2.24, 2.45) is 5.92 Å². The Balaban J connectivity index is 1.39. The van der Waals surface area contributed by atoms with Gasteiger partial charge < -0.3 is 14.0 Å². The number of ether oxygens (including phenoxy) is 2. The molecule has 0 saturated carbocycles. The van der Waals surface area contributed by atoms with E-state index in [1.165, 1.54) is 0 Å². The lowest BCUT2D eigenvalue weighted by Gasteiger charge is -2.28. The van der Waals surface area contributed by atoms with E-state index < -0.39 is 0 Å². The Morgan fingerprint density at radius 2 is 2.21 bits per heavy atom. The van der Waals surface area contributed by atoms with Gasteiger partial charge in [0.1, 0.15) is 5.82 Å². The van der Waals surface area contributed by atoms with Gasteiger partial charge in [-0.3, -0.25) is 9.88 Å². The minimum atomic E-state index is 0.449. The van der Waals surface area contributed by atoms with E-state index in [2.05, 4.69) is 25.6 Å². The molecule has 2 aromatic heterocycles. The maximum atomic E-state index is 5.96. The van der Waals surface area contributed by atoms with Crippen LogP contribution in [0, 0.1) is 5.92 Å². The average Bonchev–Trinajstić information content (AvgIpc) is 3.25. The van der Waals surface area contributed by atoms with Crippen molar-refractivity contribution in [3.05, 3.63) is 48.3 Å². The maximum absolute atomic E-state index is 5.96. The van der Waals surface area contributed by atoms with Gasteiger partial charge in [0, 0.05) is 50.2 Å². The normalized spacial score (nSPS) is 24.7. The Hall–Kier alpha value is -1.76. The third-order valence-electron chi connectivity index (χ3n) is 4.85. The summed E-state index contributed by atoms with van der Waals surface area (Å²) in [5.74, 6) is 1.60. The Morgan fingerprint density at radius 3 is 3.04 bits per heavy atom. The van der Waals surface area contributed by atoms with Crippen LogP contribution in [0.2, 0.25) is 0 Å². The number of aromatic nitrogens is 3. The molecular weight excluding hydrogens is 304 g/mol. The first-order valence-electron chi connectivity index (χ1n) is 8.68. The number of rotatable bonds is 5. The number of pyridine rings is 1. The summed E-state index contributed by atoms with van der Waals surface area (Å²) in [7, 11) is 0. The number of fused-ring (bicyclic) bond motifs is 1. The molecule has 0 amide bonds. The van der Waals surface area contributed by atoms with Crippen LogP contribution in [0.15, 0.2) is 36.8 Å². The molecule has 128 valence electrons. The van der Waals surface area contributed by atoms with Crippen LogP contribution in [0.5, 0.6) is 0 Å². The van der Waals surface area contributed by atoms with Gasteiger partial charge in [0.15, 0.2) is 0 Å². The third kappa shape index (κ3) is 3.66. The fraction of sp³-hybridized carbons (Fsp3) is 0.556. The predicted octanol–water partition coefficient (Wildman–Crippen LogP) is 1.72. The summed E-state index contributed by atoms with van der Waals surface area (Å²) in [6, 6.07) is 6.43. The van der Waals surface area contributed by atoms with Crippen LogP contribution >= 0.6 is 0 Å². The van der Waals surface area contributed by atoms with Crippen LogP contribution in [0.4, 0.5) is 0 Å². The highest BCUT2D eigenvalue weighted by atomic mass is 16.5. The number of nitrogens with zero attached hydrogens (tertiary/aromatic N) is 4. The van der Waals surface area contributed by atoms with Gasteiger partial charge in [-0.15, -0.1) is 0 Å². The standard InChI is InChI=1S/C18H24N4O2/c1-2-5-19-16(3-1)13-24-12-15-9-21-7-6-20-18(21)11-22(10-15)17-4-8-23-14-17/h1-3,5-7,15,17H,4,8-14H2/t15-,17+/m1/s1. The summed E-state index contributed by atoms with van der Waals surface area (Å²) in [5, 5.41) is 0. The molecule has 0 radical (unpaired) electrons. The molecule has 4 heterocycles. The van der Waals surface area contributed by atoms with Gasteiger partial charge in [-0.25, -0.2) is 4.98 Å². The lowest BCUT2D eigenvalue weighted by atomic mass is 10.1. The second-order valence-corrected chi connectivity index (χ2v) is 6.64. The molecule has 24 heavy (non-hydrogen) atoms. The molecule has 0 aromatic carbocycles. The van der Waals surface area contributed by atoms with Gasteiger partial charge >= 0.3 is 0 Å². The highest BCUT2D eigenvalue weighted by Gasteiger charge is 2.29. The molecule has 4 rings (SSSR count). The van der Waals surface area contributed by atoms with E-state index in [1.807, 2.05) is 30.6 Å². The molecular formula is C18H24N4O2. The zero-order valence-corrected chi connectivity index (χ0v) is 13.9. The summed E-state index contributed by atoms with van der Waals surface area (Å²) in [6.07, 6.45) is 6.90. The first-order chi connectivity index (χ1) is 11.9. The van der Waals surface area contributed by atoms with Crippen LogP contribution < -0.4 is 0 Å². The Bertz CT molecular complexity index is 639. The van der Waals surface area contributed by atoms with Crippen molar-refractivity contribution < 1.29 is 9.47 Å². The van der Waals surface area contributed by atoms with E-state index in [9.17, 15) is 0 Å². The largest absolute Gasteiger partial charge is 0.380 e. The van der Waals surface area contributed by atoms with Crippen molar-refractivity contribution in [1.29, 1.82) is 0 Å². The molecule has 0 bridgehead atoms. The molecule has 2 aliphatic heterocycles. The summed E-state index contributed by atoms with van der Waals surface area (Å²) < 4.78 is 13.8. The zero-order valence-electron chi connectivity index (χ0n) is 13.9. The van der Waals surface area contributed by atoms with Gasteiger partial charge in [-0.2, -0.15) is 0 Å². The van der Waals surface area contributed by atoms with E-state index in [-0.39, 0.29) is 0 Å². The molecule has 0 aliphatic carbocycles. The van der Waals surface area contributed by atoms with Crippen LogP contribution in [-0.2, 0) is 29.2 Å². The maximum Gasteiger partial charge on any atom is 0.122 e. The summed E-state index contributed by atoms with van der Waals surface area (Å²) in [4.78, 5) is 11.4. The SMILES string of the molecule is c1ccc(COC[C@H]2CN([C@H]3CCOC3)Cc3nccn3C2)nc1. The zero-order chi connectivity index (χ0) is 16.2. The third-order valence-corrected chi connectivity index (χ3v) is 4.85. The molecule has 0 spiro atoms. The topological polar surface area (TPSA) is 52.4 Å². The monoisotopic (exact) mass is 328 g/mol. The van der Waals surface area contributed by atoms with Crippen LogP contribution in [0.25, 0.3) is 0 Å². The van der Waals surface area contributed by atoms with Gasteiger partial charge in [0.2, 0.25) is 0 Å². The molecule has 6 heteroatoms. The highest BCUT2D eigenvalue weighted by molar-refractivity contribution is 5.02. The van der Waals surface area contributed by atoms with E-state index >= 15 is 0 Å². The van der Waals surface area contributed by atoms with E-state index in [0.29, 0.717) is 18.6 Å². The van der Waals surface area contributed by atoms with Crippen LogP contribution in [0.1, 0.15) is 17.9 Å². The Morgan fingerprint density at radius 1 is 1.21 bits per heavy atom. The summed E-state index contributed by atoms with van der Waals surface area (Å²) in [5.41, 5.74) is 0.982. The molecule has 6 nitrogen and oxygen atoms in total. The van der Waals surface area contributed by atoms with E-state index in [1.54, 1.807) is 0 Å². The van der Waals surface area contributed by atoms with Gasteiger partial charge in [0.05, 0.1) is 32.1 Å². The molecule has 2 aromatic rings. The smallest absolute Gasteiger partial charge is 0.122 e. The van der Waals surface area contributed by atoms with Crippen molar-refractivity contribution in [2.45, 2.75) is 32.2 Å². The molecule has 2 atom stereocenters. The molecule has 1 saturated heterocycles. The Kier molecular flexibility index (Phi) is 4.87. The van der Waals surface area contributed by atoms with E-state index in [0.717, 1.165) is 57.4 Å². The lowest BCUT2D eigenvalue weighted by Crippen LogP contribution is -2.39. The van der Waals surface area contributed by atoms with E-state index in [4.69, 9.17) is 9.47 Å². The first-order valence-corrected chi connectivity index (χ1v) is 8.68. The number of imidazole rings is 1. The highest BCUT2D eigenvalue weighted by Crippen LogP contribution is 2.22. The first kappa shape index (κ1) is 15.7. The molecule has 1 fully saturated rings. The van der Waals surface area contributed by atoms with Crippen molar-refractivity contribution >= 4 is 0 Å². The predicted molar refractivity (Wildman–Crippen MR) is 89.2 cm³/mol. The van der Waals surface area contributed by atoms with Crippen molar-refractivity contribution in [2.75, 3.05) is 26.4 Å². The summed E-state index contributed by atoms with van der Waals surface area (Å²) in [6.45, 7) is 5.90. The average molecular weight is 328 g/mol. The second-order valence-electron chi connectivity index (χ2n) is 6.64. The minimum absolute atomic E-state index is 0.449. The quantitative estimate of drug-likeness (QED) is 0.836. The van der Waals surface area contributed by atoms with Crippen LogP contribution in [-0.4, -0.2) is 51.8 Å². The van der Waals surface area contributed by atoms with Crippen molar-refractivity contribution in [3.63, 3.8) is 0 Å². The lowest BCUT2D eigenvalue weighted by molar-refractivity contribution is 0.0552. The molecule has 0 unspecified atom stereocenters. The number of hydrogen-bond acceptors (Lipinski definition) is 5. The Labute approximate surface area is 142 Å². The number of hydrogen-bond donors (Lipinski definition) is 0. The molecule has 0 N–H and O–H groups in total. The van der Waals surface area contributed by atoms with Gasteiger partial charge in [-0.05, 0) is 18.6 Å². The van der Waals surface area contributed by atoms with Gasteiger partial charge in [-0.1, -0.05) is 6.07 Å². The minimum Gasteiger partial charge on any atom is -0.380 e. The fourth-order valence-electron chi connectivity index (χ4n) is 3.58. The van der Waals surface area contributed by atoms with Crippen LogP contribution in [0.3, 0.4) is 0 Å².